The molecule has 0 saturated carbocycles. The molecule has 0 bridgehead atoms. The number of hydrogen-bond donors (Lipinski definition) is 1. The molecule has 0 saturated heterocycles. The van der Waals surface area contributed by atoms with Crippen molar-refractivity contribution in [3.05, 3.63) is 69.9 Å². The Kier molecular flexibility index (Phi) is 5.02. The van der Waals surface area contributed by atoms with Gasteiger partial charge in [-0.15, -0.1) is 0 Å². The van der Waals surface area contributed by atoms with E-state index in [2.05, 4.69) is 10.3 Å². The van der Waals surface area contributed by atoms with E-state index in [0.717, 1.165) is 16.7 Å². The number of amides is 1. The fraction of sp³-hybridized carbons (Fsp3) is 0.0476. The molecular weight excluding hydrogens is 419 g/mol. The van der Waals surface area contributed by atoms with Crippen LogP contribution in [0.3, 0.4) is 0 Å². The van der Waals surface area contributed by atoms with E-state index in [1.54, 1.807) is 24.3 Å². The lowest BCUT2D eigenvalue weighted by Gasteiger charge is -2.12. The van der Waals surface area contributed by atoms with Crippen LogP contribution < -0.4 is 5.32 Å². The van der Waals surface area contributed by atoms with Gasteiger partial charge in [-0.2, -0.15) is 0 Å². The molecule has 28 heavy (non-hydrogen) atoms. The third-order valence-electron chi connectivity index (χ3n) is 4.22. The molecule has 0 aliphatic heterocycles. The maximum atomic E-state index is 11.5. The quantitative estimate of drug-likeness (QED) is 0.377. The summed E-state index contributed by atoms with van der Waals surface area (Å²) in [6, 6.07) is 14.6. The van der Waals surface area contributed by atoms with Gasteiger partial charge in [-0.1, -0.05) is 46.9 Å². The Hall–Kier alpha value is -2.53. The molecule has 2 aromatic carbocycles. The summed E-state index contributed by atoms with van der Waals surface area (Å²) in [5.41, 5.74) is 4.02. The standard InChI is InChI=1S/C21H13Cl3N2O2/c1-11(27)25-19-10-28-21-17(19)9-16(12-2-4-13(22)5-3-12)20(26-21)15-7-6-14(23)8-18(15)24/h2-10H,1H3,(H,25,27). The van der Waals surface area contributed by atoms with Crippen molar-refractivity contribution in [2.45, 2.75) is 6.92 Å². The number of fused-ring (bicyclic) bond motifs is 1. The number of rotatable bonds is 3. The van der Waals surface area contributed by atoms with Gasteiger partial charge in [0.2, 0.25) is 11.6 Å². The Labute approximate surface area is 176 Å². The van der Waals surface area contributed by atoms with Crippen LogP contribution in [0, 0.1) is 0 Å². The predicted molar refractivity (Wildman–Crippen MR) is 114 cm³/mol. The molecule has 0 fully saturated rings. The van der Waals surface area contributed by atoms with Crippen LogP contribution in [0.15, 0.2) is 59.2 Å². The minimum Gasteiger partial charge on any atom is -0.444 e. The van der Waals surface area contributed by atoms with Crippen LogP contribution >= 0.6 is 34.8 Å². The summed E-state index contributed by atoms with van der Waals surface area (Å²) in [5, 5.41) is 5.09. The van der Waals surface area contributed by atoms with Gasteiger partial charge in [0, 0.05) is 28.1 Å². The van der Waals surface area contributed by atoms with Gasteiger partial charge in [0.25, 0.3) is 0 Å². The van der Waals surface area contributed by atoms with Gasteiger partial charge >= 0.3 is 0 Å². The van der Waals surface area contributed by atoms with Gasteiger partial charge in [0.15, 0.2) is 0 Å². The first-order chi connectivity index (χ1) is 13.4. The van der Waals surface area contributed by atoms with Crippen LogP contribution in [0.4, 0.5) is 5.69 Å². The van der Waals surface area contributed by atoms with Crippen molar-refractivity contribution < 1.29 is 9.21 Å². The number of benzene rings is 2. The second-order valence-electron chi connectivity index (χ2n) is 6.20. The third-order valence-corrected chi connectivity index (χ3v) is 5.02. The first-order valence-corrected chi connectivity index (χ1v) is 9.47. The van der Waals surface area contributed by atoms with Crippen LogP contribution in [0.2, 0.25) is 15.1 Å². The molecule has 4 aromatic rings. The molecule has 0 aliphatic carbocycles. The number of hydrogen-bond acceptors (Lipinski definition) is 3. The van der Waals surface area contributed by atoms with E-state index in [1.165, 1.54) is 13.2 Å². The summed E-state index contributed by atoms with van der Waals surface area (Å²) in [5.74, 6) is -0.194. The van der Waals surface area contributed by atoms with Crippen LogP contribution in [-0.4, -0.2) is 10.9 Å². The summed E-state index contributed by atoms with van der Waals surface area (Å²) in [7, 11) is 0. The Bertz CT molecular complexity index is 1200. The van der Waals surface area contributed by atoms with Crippen molar-refractivity contribution in [2.24, 2.45) is 0 Å². The summed E-state index contributed by atoms with van der Waals surface area (Å²) in [6.45, 7) is 1.44. The highest BCUT2D eigenvalue weighted by atomic mass is 35.5. The highest BCUT2D eigenvalue weighted by molar-refractivity contribution is 6.36. The number of nitrogens with one attached hydrogen (secondary N) is 1. The lowest BCUT2D eigenvalue weighted by molar-refractivity contribution is -0.114. The van der Waals surface area contributed by atoms with Crippen molar-refractivity contribution in [1.29, 1.82) is 0 Å². The Morgan fingerprint density at radius 2 is 1.68 bits per heavy atom. The molecular formula is C21H13Cl3N2O2. The summed E-state index contributed by atoms with van der Waals surface area (Å²) >= 11 is 18.5. The number of furan rings is 1. The largest absolute Gasteiger partial charge is 0.444 e. The van der Waals surface area contributed by atoms with E-state index >= 15 is 0 Å². The highest BCUT2D eigenvalue weighted by Crippen LogP contribution is 2.39. The SMILES string of the molecule is CC(=O)Nc1coc2nc(-c3ccc(Cl)cc3Cl)c(-c3ccc(Cl)cc3)cc12. The van der Waals surface area contributed by atoms with Gasteiger partial charge in [0.05, 0.1) is 21.8 Å². The van der Waals surface area contributed by atoms with Crippen molar-refractivity contribution in [3.8, 4) is 22.4 Å². The van der Waals surface area contributed by atoms with E-state index in [9.17, 15) is 4.79 Å². The monoisotopic (exact) mass is 430 g/mol. The van der Waals surface area contributed by atoms with Crippen molar-refractivity contribution in [2.75, 3.05) is 5.32 Å². The molecule has 7 heteroatoms. The number of aromatic nitrogens is 1. The number of halogens is 3. The van der Waals surface area contributed by atoms with Gasteiger partial charge in [-0.3, -0.25) is 4.79 Å². The zero-order valence-corrected chi connectivity index (χ0v) is 16.9. The Morgan fingerprint density at radius 1 is 0.964 bits per heavy atom. The first-order valence-electron chi connectivity index (χ1n) is 8.33. The zero-order valence-electron chi connectivity index (χ0n) is 14.6. The molecule has 1 amide bonds. The maximum Gasteiger partial charge on any atom is 0.228 e. The first kappa shape index (κ1) is 18.8. The Morgan fingerprint density at radius 3 is 2.36 bits per heavy atom. The number of anilines is 1. The molecule has 140 valence electrons. The van der Waals surface area contributed by atoms with E-state index in [4.69, 9.17) is 39.2 Å². The molecule has 2 heterocycles. The molecule has 0 aliphatic rings. The molecule has 2 aromatic heterocycles. The third kappa shape index (κ3) is 3.59. The van der Waals surface area contributed by atoms with Gasteiger partial charge in [0.1, 0.15) is 6.26 Å². The number of carbonyl (C=O) groups is 1. The average Bonchev–Trinajstić information content (AvgIpc) is 3.03. The van der Waals surface area contributed by atoms with Crippen LogP contribution in [0.5, 0.6) is 0 Å². The van der Waals surface area contributed by atoms with Crippen molar-refractivity contribution >= 4 is 57.5 Å². The van der Waals surface area contributed by atoms with Crippen LogP contribution in [-0.2, 0) is 4.79 Å². The van der Waals surface area contributed by atoms with Gasteiger partial charge in [-0.25, -0.2) is 4.98 Å². The fourth-order valence-corrected chi connectivity index (χ4v) is 3.60. The minimum atomic E-state index is -0.194. The number of nitrogens with zero attached hydrogens (tertiary/aromatic N) is 1. The number of carbonyl (C=O) groups excluding carboxylic acids is 1. The van der Waals surface area contributed by atoms with Crippen LogP contribution in [0.25, 0.3) is 33.5 Å². The lowest BCUT2D eigenvalue weighted by Crippen LogP contribution is -2.05. The fourth-order valence-electron chi connectivity index (χ4n) is 2.98. The minimum absolute atomic E-state index is 0.194. The van der Waals surface area contributed by atoms with Gasteiger partial charge in [-0.05, 0) is 42.0 Å². The van der Waals surface area contributed by atoms with E-state index in [1.807, 2.05) is 24.3 Å². The Balaban J connectivity index is 2.00. The highest BCUT2D eigenvalue weighted by Gasteiger charge is 2.18. The van der Waals surface area contributed by atoms with Crippen LogP contribution in [0.1, 0.15) is 6.92 Å². The predicted octanol–water partition coefficient (Wildman–Crippen LogP) is 7.08. The average molecular weight is 432 g/mol. The molecule has 4 nitrogen and oxygen atoms in total. The second-order valence-corrected chi connectivity index (χ2v) is 7.48. The molecule has 4 rings (SSSR count). The number of pyridine rings is 1. The van der Waals surface area contributed by atoms with E-state index < -0.39 is 0 Å². The van der Waals surface area contributed by atoms with Crippen molar-refractivity contribution in [3.63, 3.8) is 0 Å². The second kappa shape index (κ2) is 7.47. The maximum absolute atomic E-state index is 11.5. The summed E-state index contributed by atoms with van der Waals surface area (Å²) < 4.78 is 5.57. The van der Waals surface area contributed by atoms with E-state index in [-0.39, 0.29) is 5.91 Å². The molecule has 0 atom stereocenters. The summed E-state index contributed by atoms with van der Waals surface area (Å²) in [6.07, 6.45) is 1.47. The van der Waals surface area contributed by atoms with Crippen molar-refractivity contribution in [1.82, 2.24) is 4.98 Å². The van der Waals surface area contributed by atoms with Gasteiger partial charge < -0.3 is 9.73 Å². The smallest absolute Gasteiger partial charge is 0.228 e. The molecule has 1 N–H and O–H groups in total. The molecule has 0 unspecified atom stereocenters. The molecule has 0 spiro atoms. The zero-order chi connectivity index (χ0) is 19.8. The lowest BCUT2D eigenvalue weighted by atomic mass is 9.98. The van der Waals surface area contributed by atoms with E-state index in [0.29, 0.717) is 37.5 Å². The summed E-state index contributed by atoms with van der Waals surface area (Å²) in [4.78, 5) is 16.2. The normalized spacial score (nSPS) is 11.0. The molecule has 0 radical (unpaired) electrons. The topological polar surface area (TPSA) is 55.1 Å².